The first-order valence-corrected chi connectivity index (χ1v) is 4.65. The summed E-state index contributed by atoms with van der Waals surface area (Å²) < 4.78 is 10.3. The topological polar surface area (TPSA) is 18.5 Å². The molecule has 0 aliphatic carbocycles. The summed E-state index contributed by atoms with van der Waals surface area (Å²) in [6.07, 6.45) is -0.263. The zero-order valence-corrected chi connectivity index (χ0v) is 12.6. The summed E-state index contributed by atoms with van der Waals surface area (Å²) in [7, 11) is 3.28. The molecule has 3 heteroatoms. The molecule has 0 saturated carbocycles. The van der Waals surface area contributed by atoms with Crippen molar-refractivity contribution in [2.75, 3.05) is 14.2 Å². The molecule has 0 fully saturated rings. The van der Waals surface area contributed by atoms with Crippen LogP contribution in [0, 0.1) is 5.92 Å². The van der Waals surface area contributed by atoms with Gasteiger partial charge in [-0.15, -0.1) is 12.1 Å². The van der Waals surface area contributed by atoms with Crippen LogP contribution in [0.4, 0.5) is 0 Å². The minimum absolute atomic E-state index is 0. The maximum absolute atomic E-state index is 5.16. The number of rotatable bonds is 4. The van der Waals surface area contributed by atoms with Crippen molar-refractivity contribution in [1.82, 2.24) is 0 Å². The van der Waals surface area contributed by atoms with Crippen molar-refractivity contribution >= 4 is 0 Å². The maximum atomic E-state index is 5.16. The van der Waals surface area contributed by atoms with E-state index >= 15 is 0 Å². The van der Waals surface area contributed by atoms with Gasteiger partial charge in [0.2, 0.25) is 0 Å². The molecule has 2 nitrogen and oxygen atoms in total. The standard InChI is InChI=1S/C12H17O2.Y/c1-9(2)10-5-7-11(8-6-10)12(13-3)14-4;/h5-8,12H,1-4H3;/q-1;. The van der Waals surface area contributed by atoms with Gasteiger partial charge in [0.1, 0.15) is 0 Å². The minimum Gasteiger partial charge on any atom is -0.352 e. The van der Waals surface area contributed by atoms with Crippen LogP contribution in [0.2, 0.25) is 0 Å². The molecule has 0 heterocycles. The first-order chi connectivity index (χ1) is 6.69. The van der Waals surface area contributed by atoms with E-state index in [4.69, 9.17) is 9.47 Å². The van der Waals surface area contributed by atoms with Crippen LogP contribution >= 0.6 is 0 Å². The molecule has 81 valence electrons. The molecular formula is C12H17O2Y-. The van der Waals surface area contributed by atoms with Crippen LogP contribution in [-0.2, 0) is 42.2 Å². The van der Waals surface area contributed by atoms with Crippen molar-refractivity contribution in [3.05, 3.63) is 41.3 Å². The summed E-state index contributed by atoms with van der Waals surface area (Å²) in [4.78, 5) is 0. The Morgan fingerprint density at radius 3 is 1.80 bits per heavy atom. The monoisotopic (exact) mass is 282 g/mol. The van der Waals surface area contributed by atoms with E-state index < -0.39 is 0 Å². The molecule has 1 radical (unpaired) electrons. The fourth-order valence-electron chi connectivity index (χ4n) is 1.34. The van der Waals surface area contributed by atoms with Gasteiger partial charge in [0, 0.05) is 46.9 Å². The third-order valence-corrected chi connectivity index (χ3v) is 2.19. The Bertz CT molecular complexity index is 265. The zero-order valence-electron chi connectivity index (χ0n) is 9.78. The van der Waals surface area contributed by atoms with Gasteiger partial charge in [-0.2, -0.15) is 23.6 Å². The second-order valence-electron chi connectivity index (χ2n) is 3.43. The number of hydrogen-bond acceptors (Lipinski definition) is 2. The molecule has 0 aliphatic heterocycles. The van der Waals surface area contributed by atoms with E-state index in [9.17, 15) is 0 Å². The fourth-order valence-corrected chi connectivity index (χ4v) is 1.34. The van der Waals surface area contributed by atoms with Crippen molar-refractivity contribution in [3.63, 3.8) is 0 Å². The summed E-state index contributed by atoms with van der Waals surface area (Å²) >= 11 is 0. The minimum atomic E-state index is -0.263. The average Bonchev–Trinajstić information content (AvgIpc) is 2.20. The number of ether oxygens (including phenoxy) is 2. The van der Waals surface area contributed by atoms with Crippen LogP contribution in [0.5, 0.6) is 0 Å². The Morgan fingerprint density at radius 2 is 1.47 bits per heavy atom. The summed E-state index contributed by atoms with van der Waals surface area (Å²) in [6, 6.07) is 8.21. The Kier molecular flexibility index (Phi) is 7.45. The van der Waals surface area contributed by atoms with Crippen molar-refractivity contribution in [1.29, 1.82) is 0 Å². The largest absolute Gasteiger partial charge is 0.352 e. The van der Waals surface area contributed by atoms with Gasteiger partial charge in [0.05, 0.1) is 0 Å². The van der Waals surface area contributed by atoms with Gasteiger partial charge in [0.15, 0.2) is 6.29 Å². The Morgan fingerprint density at radius 1 is 1.00 bits per heavy atom. The molecule has 1 aromatic rings. The Labute approximate surface area is 117 Å². The van der Waals surface area contributed by atoms with Gasteiger partial charge in [-0.05, 0) is 5.56 Å². The molecule has 1 aromatic carbocycles. The summed E-state index contributed by atoms with van der Waals surface area (Å²) in [5.74, 6) is 1.31. The maximum Gasteiger partial charge on any atom is 0.181 e. The molecule has 15 heavy (non-hydrogen) atoms. The third-order valence-electron chi connectivity index (χ3n) is 2.19. The average molecular weight is 282 g/mol. The van der Waals surface area contributed by atoms with E-state index in [2.05, 4.69) is 26.0 Å². The van der Waals surface area contributed by atoms with E-state index in [-0.39, 0.29) is 39.0 Å². The van der Waals surface area contributed by atoms with E-state index in [1.165, 1.54) is 11.5 Å². The predicted molar refractivity (Wildman–Crippen MR) is 56.9 cm³/mol. The van der Waals surface area contributed by atoms with Crippen LogP contribution in [0.1, 0.15) is 31.3 Å². The Hall–Kier alpha value is 0.114. The molecule has 1 rings (SSSR count). The van der Waals surface area contributed by atoms with Crippen LogP contribution in [0.25, 0.3) is 0 Å². The van der Waals surface area contributed by atoms with Crippen molar-refractivity contribution in [2.24, 2.45) is 0 Å². The molecule has 0 aliphatic rings. The number of benzene rings is 1. The van der Waals surface area contributed by atoms with Crippen LogP contribution in [0.3, 0.4) is 0 Å². The fraction of sp³-hybridized carbons (Fsp3) is 0.417. The smallest absolute Gasteiger partial charge is 0.181 e. The van der Waals surface area contributed by atoms with E-state index in [1.54, 1.807) is 14.2 Å². The van der Waals surface area contributed by atoms with Gasteiger partial charge in [-0.1, -0.05) is 13.8 Å². The van der Waals surface area contributed by atoms with Crippen LogP contribution in [-0.4, -0.2) is 14.2 Å². The van der Waals surface area contributed by atoms with Crippen molar-refractivity contribution in [3.8, 4) is 0 Å². The van der Waals surface area contributed by atoms with Crippen molar-refractivity contribution in [2.45, 2.75) is 20.1 Å². The molecule has 0 spiro atoms. The van der Waals surface area contributed by atoms with Gasteiger partial charge in [-0.3, -0.25) is 0 Å². The summed E-state index contributed by atoms with van der Waals surface area (Å²) in [6.45, 7) is 4.19. The van der Waals surface area contributed by atoms with E-state index in [0.717, 1.165) is 5.56 Å². The summed E-state index contributed by atoms with van der Waals surface area (Å²) in [5, 5.41) is 0. The first-order valence-electron chi connectivity index (χ1n) is 4.65. The van der Waals surface area contributed by atoms with Gasteiger partial charge in [-0.25, -0.2) is 0 Å². The van der Waals surface area contributed by atoms with Crippen LogP contribution in [0.15, 0.2) is 24.3 Å². The third kappa shape index (κ3) is 4.24. The summed E-state index contributed by atoms with van der Waals surface area (Å²) in [5.41, 5.74) is 2.29. The quantitative estimate of drug-likeness (QED) is 0.624. The molecule has 0 N–H and O–H groups in total. The van der Waals surface area contributed by atoms with E-state index in [1.807, 2.05) is 12.1 Å². The normalized spacial score (nSPS) is 9.93. The first kappa shape index (κ1) is 15.1. The molecule has 0 unspecified atom stereocenters. The zero-order chi connectivity index (χ0) is 10.6. The molecule has 0 amide bonds. The van der Waals surface area contributed by atoms with Gasteiger partial charge >= 0.3 is 0 Å². The van der Waals surface area contributed by atoms with Gasteiger partial charge < -0.3 is 9.47 Å². The SMILES string of the molecule is COC(OC)c1ccc([C-](C)C)cc1.[Y]. The van der Waals surface area contributed by atoms with Crippen molar-refractivity contribution < 1.29 is 42.2 Å². The van der Waals surface area contributed by atoms with Crippen LogP contribution < -0.4 is 0 Å². The second kappa shape index (κ2) is 7.40. The molecule has 0 aromatic heterocycles. The van der Waals surface area contributed by atoms with Gasteiger partial charge in [0.25, 0.3) is 0 Å². The molecule has 0 bridgehead atoms. The number of hydrogen-bond donors (Lipinski definition) is 0. The number of methoxy groups -OCH3 is 2. The molecule has 0 atom stereocenters. The second-order valence-corrected chi connectivity index (χ2v) is 3.43. The Balaban J connectivity index is 0.00000196. The van der Waals surface area contributed by atoms with E-state index in [0.29, 0.717) is 0 Å². The molecule has 0 saturated heterocycles. The molecular weight excluding hydrogens is 265 g/mol. The predicted octanol–water partition coefficient (Wildman–Crippen LogP) is 2.94.